The van der Waals surface area contributed by atoms with E-state index in [-0.39, 0.29) is 23.9 Å². The summed E-state index contributed by atoms with van der Waals surface area (Å²) in [6, 6.07) is 4.21. The number of amides is 1. The Morgan fingerprint density at radius 3 is 2.82 bits per heavy atom. The van der Waals surface area contributed by atoms with Crippen molar-refractivity contribution in [3.63, 3.8) is 0 Å². The predicted molar refractivity (Wildman–Crippen MR) is 95.4 cm³/mol. The Morgan fingerprint density at radius 2 is 2.14 bits per heavy atom. The molecule has 7 nitrogen and oxygen atoms in total. The maximum absolute atomic E-state index is 12.8. The van der Waals surface area contributed by atoms with Gasteiger partial charge in [-0.2, -0.15) is 4.31 Å². The van der Waals surface area contributed by atoms with Crippen LogP contribution in [-0.2, 0) is 14.8 Å². The lowest BCUT2D eigenvalue weighted by molar-refractivity contribution is -0.274. The van der Waals surface area contributed by atoms with Crippen LogP contribution in [0.15, 0.2) is 40.7 Å². The highest BCUT2D eigenvalue weighted by atomic mass is 32.2. The highest BCUT2D eigenvalue weighted by Crippen LogP contribution is 2.29. The number of nitrogens with zero attached hydrogens (tertiary/aromatic N) is 2. The van der Waals surface area contributed by atoms with Crippen LogP contribution in [0.2, 0.25) is 0 Å². The standard InChI is InChI=1S/C16H16F3N3O4S2/c17-16(18,19)26-12-4-1-5-13(9-12)28(24,25)22-7-2-3-11(10-22)14(23)21-15-20-6-8-27-15/h1,4-6,8-9,11H,2-3,7,10H2,(H,20,21,23). The molecule has 1 aromatic carbocycles. The molecule has 1 aliphatic heterocycles. The van der Waals surface area contributed by atoms with Crippen molar-refractivity contribution < 1.29 is 31.1 Å². The number of sulfonamides is 1. The molecule has 0 spiro atoms. The van der Waals surface area contributed by atoms with Crippen molar-refractivity contribution in [2.45, 2.75) is 24.1 Å². The summed E-state index contributed by atoms with van der Waals surface area (Å²) in [5.41, 5.74) is 0. The highest BCUT2D eigenvalue weighted by Gasteiger charge is 2.35. The lowest BCUT2D eigenvalue weighted by atomic mass is 9.99. The van der Waals surface area contributed by atoms with Gasteiger partial charge in [-0.05, 0) is 25.0 Å². The summed E-state index contributed by atoms with van der Waals surface area (Å²) in [5, 5.41) is 4.76. The van der Waals surface area contributed by atoms with E-state index in [9.17, 15) is 26.4 Å². The van der Waals surface area contributed by atoms with Crippen LogP contribution >= 0.6 is 11.3 Å². The number of ether oxygens (including phenoxy) is 1. The van der Waals surface area contributed by atoms with Crippen LogP contribution < -0.4 is 10.1 Å². The van der Waals surface area contributed by atoms with E-state index >= 15 is 0 Å². The van der Waals surface area contributed by atoms with E-state index in [2.05, 4.69) is 15.0 Å². The Bertz CT molecular complexity index is 933. The van der Waals surface area contributed by atoms with Gasteiger partial charge in [0.2, 0.25) is 15.9 Å². The van der Waals surface area contributed by atoms with Crippen LogP contribution in [0.1, 0.15) is 12.8 Å². The number of hydrogen-bond donors (Lipinski definition) is 1. The van der Waals surface area contributed by atoms with E-state index in [0.717, 1.165) is 16.4 Å². The quantitative estimate of drug-likeness (QED) is 0.780. The van der Waals surface area contributed by atoms with Gasteiger partial charge < -0.3 is 10.1 Å². The van der Waals surface area contributed by atoms with E-state index in [4.69, 9.17) is 0 Å². The number of benzene rings is 1. The number of rotatable bonds is 5. The Hall–Kier alpha value is -2.18. The van der Waals surface area contributed by atoms with E-state index in [1.807, 2.05) is 0 Å². The van der Waals surface area contributed by atoms with Crippen molar-refractivity contribution in [1.29, 1.82) is 0 Å². The second-order valence-electron chi connectivity index (χ2n) is 6.05. The van der Waals surface area contributed by atoms with Crippen molar-refractivity contribution in [2.24, 2.45) is 5.92 Å². The number of alkyl halides is 3. The summed E-state index contributed by atoms with van der Waals surface area (Å²) in [6.07, 6.45) is -2.44. The third kappa shape index (κ3) is 5.00. The molecule has 0 saturated carbocycles. The van der Waals surface area contributed by atoms with Gasteiger partial charge in [0.25, 0.3) is 0 Å². The van der Waals surface area contributed by atoms with Gasteiger partial charge in [-0.25, -0.2) is 13.4 Å². The second-order valence-corrected chi connectivity index (χ2v) is 8.88. The summed E-state index contributed by atoms with van der Waals surface area (Å²) in [5.74, 6) is -1.55. The third-order valence-electron chi connectivity index (χ3n) is 4.09. The molecule has 12 heteroatoms. The molecule has 1 atom stereocenters. The zero-order valence-electron chi connectivity index (χ0n) is 14.3. The zero-order chi connectivity index (χ0) is 20.4. The normalized spacial score (nSPS) is 18.6. The summed E-state index contributed by atoms with van der Waals surface area (Å²) < 4.78 is 67.7. The van der Waals surface area contributed by atoms with Crippen LogP contribution in [0.25, 0.3) is 0 Å². The Balaban J connectivity index is 1.74. The van der Waals surface area contributed by atoms with Gasteiger partial charge in [0.05, 0.1) is 10.8 Å². The molecule has 0 bridgehead atoms. The molecular formula is C16H16F3N3O4S2. The second kappa shape index (κ2) is 8.05. The van der Waals surface area contributed by atoms with Gasteiger partial charge in [-0.3, -0.25) is 4.79 Å². The minimum Gasteiger partial charge on any atom is -0.406 e. The minimum absolute atomic E-state index is 0.0656. The van der Waals surface area contributed by atoms with Crippen LogP contribution in [0.4, 0.5) is 18.3 Å². The Labute approximate surface area is 163 Å². The molecule has 1 unspecified atom stereocenters. The molecule has 152 valence electrons. The van der Waals surface area contributed by atoms with Gasteiger partial charge in [0.1, 0.15) is 5.75 Å². The van der Waals surface area contributed by atoms with E-state index in [1.54, 1.807) is 5.38 Å². The topological polar surface area (TPSA) is 88.6 Å². The minimum atomic E-state index is -4.92. The first kappa shape index (κ1) is 20.6. The van der Waals surface area contributed by atoms with Crippen molar-refractivity contribution >= 4 is 32.4 Å². The van der Waals surface area contributed by atoms with Gasteiger partial charge >= 0.3 is 6.36 Å². The molecule has 2 aromatic rings. The lowest BCUT2D eigenvalue weighted by Gasteiger charge is -2.31. The first-order valence-electron chi connectivity index (χ1n) is 8.21. The maximum atomic E-state index is 12.8. The summed E-state index contributed by atoms with van der Waals surface area (Å²) in [7, 11) is -4.08. The molecule has 1 N–H and O–H groups in total. The van der Waals surface area contributed by atoms with Crippen LogP contribution in [-0.4, -0.2) is 43.1 Å². The number of nitrogens with one attached hydrogen (secondary N) is 1. The molecule has 1 amide bonds. The van der Waals surface area contributed by atoms with Crippen molar-refractivity contribution in [3.05, 3.63) is 35.8 Å². The molecule has 1 aliphatic rings. The predicted octanol–water partition coefficient (Wildman–Crippen LogP) is 3.08. The average molecular weight is 435 g/mol. The Kier molecular flexibility index (Phi) is 5.91. The van der Waals surface area contributed by atoms with E-state index in [1.165, 1.54) is 29.7 Å². The first-order chi connectivity index (χ1) is 13.1. The van der Waals surface area contributed by atoms with E-state index in [0.29, 0.717) is 18.0 Å². The van der Waals surface area contributed by atoms with Crippen LogP contribution in [0, 0.1) is 5.92 Å². The number of halogens is 3. The zero-order valence-corrected chi connectivity index (χ0v) is 16.0. The van der Waals surface area contributed by atoms with Gasteiger partial charge in [0, 0.05) is 30.7 Å². The van der Waals surface area contributed by atoms with E-state index < -0.39 is 28.1 Å². The van der Waals surface area contributed by atoms with Gasteiger partial charge in [0.15, 0.2) is 5.13 Å². The number of carbonyl (C=O) groups is 1. The molecule has 1 aromatic heterocycles. The smallest absolute Gasteiger partial charge is 0.406 e. The number of hydrogen-bond acceptors (Lipinski definition) is 6. The first-order valence-corrected chi connectivity index (χ1v) is 10.5. The Morgan fingerprint density at radius 1 is 1.36 bits per heavy atom. The average Bonchev–Trinajstić information content (AvgIpc) is 3.13. The molecule has 0 aliphatic carbocycles. The number of anilines is 1. The number of aromatic nitrogens is 1. The molecule has 1 fully saturated rings. The van der Waals surface area contributed by atoms with Crippen LogP contribution in [0.3, 0.4) is 0 Å². The van der Waals surface area contributed by atoms with Gasteiger partial charge in [-0.1, -0.05) is 6.07 Å². The fourth-order valence-corrected chi connectivity index (χ4v) is 4.94. The van der Waals surface area contributed by atoms with Crippen molar-refractivity contribution in [1.82, 2.24) is 9.29 Å². The molecule has 1 saturated heterocycles. The summed E-state index contributed by atoms with van der Waals surface area (Å²) in [4.78, 5) is 16.0. The monoisotopic (exact) mass is 435 g/mol. The molecule has 2 heterocycles. The summed E-state index contributed by atoms with van der Waals surface area (Å²) >= 11 is 1.24. The fraction of sp³-hybridized carbons (Fsp3) is 0.375. The summed E-state index contributed by atoms with van der Waals surface area (Å²) in [6.45, 7) is 0.109. The maximum Gasteiger partial charge on any atom is 0.573 e. The third-order valence-corrected chi connectivity index (χ3v) is 6.64. The lowest BCUT2D eigenvalue weighted by Crippen LogP contribution is -2.43. The molecule has 28 heavy (non-hydrogen) atoms. The number of piperidine rings is 1. The van der Waals surface area contributed by atoms with Crippen molar-refractivity contribution in [3.8, 4) is 5.75 Å². The SMILES string of the molecule is O=C(Nc1nccs1)C1CCCN(S(=O)(=O)c2cccc(OC(F)(F)F)c2)C1. The molecule has 0 radical (unpaired) electrons. The van der Waals surface area contributed by atoms with Crippen LogP contribution in [0.5, 0.6) is 5.75 Å². The molecular weight excluding hydrogens is 419 g/mol. The molecule has 3 rings (SSSR count). The fourth-order valence-electron chi connectivity index (χ4n) is 2.85. The van der Waals surface area contributed by atoms with Gasteiger partial charge in [-0.15, -0.1) is 24.5 Å². The number of carbonyl (C=O) groups excluding carboxylic acids is 1. The largest absolute Gasteiger partial charge is 0.573 e. The highest BCUT2D eigenvalue weighted by molar-refractivity contribution is 7.89. The van der Waals surface area contributed by atoms with Crippen molar-refractivity contribution in [2.75, 3.05) is 18.4 Å². The number of thiazole rings is 1.